The van der Waals surface area contributed by atoms with Gasteiger partial charge in [-0.25, -0.2) is 0 Å². The summed E-state index contributed by atoms with van der Waals surface area (Å²) in [5.41, 5.74) is 1.58. The molecule has 0 aliphatic heterocycles. The number of rotatable bonds is 6. The van der Waals surface area contributed by atoms with Gasteiger partial charge in [0.15, 0.2) is 0 Å². The zero-order chi connectivity index (χ0) is 16.8. The summed E-state index contributed by atoms with van der Waals surface area (Å²) in [5.74, 6) is 1.07. The minimum absolute atomic E-state index is 0.270. The fourth-order valence-corrected chi connectivity index (χ4v) is 3.11. The predicted molar refractivity (Wildman–Crippen MR) is 96.9 cm³/mol. The van der Waals surface area contributed by atoms with E-state index in [0.717, 1.165) is 14.7 Å². The molecule has 1 aromatic heterocycles. The van der Waals surface area contributed by atoms with Crippen molar-refractivity contribution in [1.29, 1.82) is 0 Å². The van der Waals surface area contributed by atoms with Crippen molar-refractivity contribution in [3.63, 3.8) is 0 Å². The fraction of sp³-hybridized carbons (Fsp3) is 0.250. The Balaban J connectivity index is 2.06. The molecule has 0 aliphatic carbocycles. The first kappa shape index (κ1) is 17.8. The van der Waals surface area contributed by atoms with Crippen LogP contribution >= 0.6 is 34.2 Å². The van der Waals surface area contributed by atoms with Crippen molar-refractivity contribution >= 4 is 40.1 Å². The lowest BCUT2D eigenvalue weighted by Gasteiger charge is -2.14. The average Bonchev–Trinajstić information content (AvgIpc) is 2.59. The molecular weight excluding hydrogens is 431 g/mol. The highest BCUT2D eigenvalue weighted by Crippen LogP contribution is 2.26. The van der Waals surface area contributed by atoms with Gasteiger partial charge in [-0.2, -0.15) is 0 Å². The van der Waals surface area contributed by atoms with Crippen LogP contribution < -0.4 is 14.8 Å². The van der Waals surface area contributed by atoms with E-state index in [4.69, 9.17) is 21.1 Å². The highest BCUT2D eigenvalue weighted by atomic mass is 127. The quantitative estimate of drug-likeness (QED) is 0.546. The van der Waals surface area contributed by atoms with E-state index in [2.05, 4.69) is 32.9 Å². The molecule has 0 spiro atoms. The maximum Gasteiger partial charge on any atom is 0.242 e. The van der Waals surface area contributed by atoms with Crippen LogP contribution in [0.5, 0.6) is 11.5 Å². The van der Waals surface area contributed by atoms with Crippen molar-refractivity contribution < 1.29 is 14.3 Å². The molecule has 1 N–H and O–H groups in total. The Bertz CT molecular complexity index is 697. The number of carbonyl (C=O) groups is 1. The highest BCUT2D eigenvalue weighted by molar-refractivity contribution is 14.1. The largest absolute Gasteiger partial charge is 0.497 e. The number of pyridine rings is 1. The molecule has 0 fully saturated rings. The Kier molecular flexibility index (Phi) is 6.47. The molecule has 5 nitrogen and oxygen atoms in total. The van der Waals surface area contributed by atoms with Crippen molar-refractivity contribution in [3.8, 4) is 11.5 Å². The van der Waals surface area contributed by atoms with E-state index in [1.165, 1.54) is 0 Å². The van der Waals surface area contributed by atoms with Crippen LogP contribution in [-0.4, -0.2) is 25.1 Å². The summed E-state index contributed by atoms with van der Waals surface area (Å²) in [6.07, 6.45) is 3.29. The van der Waals surface area contributed by atoms with Gasteiger partial charge < -0.3 is 14.8 Å². The van der Waals surface area contributed by atoms with Crippen molar-refractivity contribution in [2.24, 2.45) is 0 Å². The van der Waals surface area contributed by atoms with E-state index in [1.807, 2.05) is 12.1 Å². The minimum Gasteiger partial charge on any atom is -0.497 e. The second-order valence-corrected chi connectivity index (χ2v) is 6.25. The molecule has 0 saturated heterocycles. The molecule has 0 bridgehead atoms. The van der Waals surface area contributed by atoms with E-state index >= 15 is 0 Å². The highest BCUT2D eigenvalue weighted by Gasteiger charge is 2.20. The number of aromatic nitrogens is 1. The molecule has 1 atom stereocenters. The zero-order valence-corrected chi connectivity index (χ0v) is 15.6. The van der Waals surface area contributed by atoms with Crippen LogP contribution in [0.1, 0.15) is 16.5 Å². The number of nitrogens with one attached hydrogen (secondary N) is 1. The summed E-state index contributed by atoms with van der Waals surface area (Å²) in [7, 11) is 3.16. The molecule has 0 aliphatic rings. The molecule has 23 heavy (non-hydrogen) atoms. The standard InChI is InChI=1S/C16H16ClIN2O3/c1-22-11-4-3-10(14(7-11)23-2)8-20-16(21)15(17)12-5-6-19-9-13(12)18/h3-7,9,15H,8H2,1-2H3,(H,20,21). The van der Waals surface area contributed by atoms with Gasteiger partial charge in [0, 0.05) is 34.1 Å². The molecule has 1 aromatic carbocycles. The Morgan fingerprint density at radius 2 is 2.13 bits per heavy atom. The van der Waals surface area contributed by atoms with Gasteiger partial charge >= 0.3 is 0 Å². The Morgan fingerprint density at radius 3 is 2.78 bits per heavy atom. The number of hydrogen-bond acceptors (Lipinski definition) is 4. The number of benzene rings is 1. The minimum atomic E-state index is -0.769. The van der Waals surface area contributed by atoms with Gasteiger partial charge in [0.05, 0.1) is 14.2 Å². The van der Waals surface area contributed by atoms with E-state index in [1.54, 1.807) is 38.7 Å². The van der Waals surface area contributed by atoms with Gasteiger partial charge in [-0.15, -0.1) is 11.6 Å². The van der Waals surface area contributed by atoms with Gasteiger partial charge in [0.1, 0.15) is 16.9 Å². The van der Waals surface area contributed by atoms with Crippen LogP contribution in [-0.2, 0) is 11.3 Å². The molecular formula is C16H16ClIN2O3. The number of methoxy groups -OCH3 is 2. The number of carbonyl (C=O) groups excluding carboxylic acids is 1. The monoisotopic (exact) mass is 446 g/mol. The first-order valence-corrected chi connectivity index (χ1v) is 8.30. The van der Waals surface area contributed by atoms with Crippen LogP contribution in [0.3, 0.4) is 0 Å². The Morgan fingerprint density at radius 1 is 1.35 bits per heavy atom. The lowest BCUT2D eigenvalue weighted by molar-refractivity contribution is -0.121. The first-order valence-electron chi connectivity index (χ1n) is 6.79. The SMILES string of the molecule is COc1ccc(CNC(=O)C(Cl)c2ccncc2I)c(OC)c1. The second kappa shape index (κ2) is 8.35. The summed E-state index contributed by atoms with van der Waals surface area (Å²) in [5, 5.41) is 2.05. The summed E-state index contributed by atoms with van der Waals surface area (Å²) < 4.78 is 11.3. The molecule has 1 unspecified atom stereocenters. The van der Waals surface area contributed by atoms with Crippen LogP contribution in [0.2, 0.25) is 0 Å². The van der Waals surface area contributed by atoms with E-state index in [9.17, 15) is 4.79 Å². The third-order valence-corrected chi connectivity index (χ3v) is 4.59. The van der Waals surface area contributed by atoms with Gasteiger partial charge in [0.25, 0.3) is 0 Å². The van der Waals surface area contributed by atoms with Crippen molar-refractivity contribution in [3.05, 3.63) is 51.4 Å². The number of hydrogen-bond donors (Lipinski definition) is 1. The van der Waals surface area contributed by atoms with Gasteiger partial charge in [0.2, 0.25) is 5.91 Å². The number of halogens is 2. The summed E-state index contributed by atoms with van der Waals surface area (Å²) in [4.78, 5) is 16.3. The maximum atomic E-state index is 12.3. The van der Waals surface area contributed by atoms with Crippen molar-refractivity contribution in [2.75, 3.05) is 14.2 Å². The van der Waals surface area contributed by atoms with Crippen LogP contribution in [0.25, 0.3) is 0 Å². The molecule has 1 heterocycles. The Labute approximate surface area is 153 Å². The average molecular weight is 447 g/mol. The zero-order valence-electron chi connectivity index (χ0n) is 12.7. The number of alkyl halides is 1. The van der Waals surface area contributed by atoms with Crippen molar-refractivity contribution in [2.45, 2.75) is 11.9 Å². The number of nitrogens with zero attached hydrogens (tertiary/aromatic N) is 1. The topological polar surface area (TPSA) is 60.5 Å². The van der Waals surface area contributed by atoms with Gasteiger partial charge in [-0.1, -0.05) is 0 Å². The molecule has 2 rings (SSSR count). The third kappa shape index (κ3) is 4.48. The molecule has 1 amide bonds. The van der Waals surface area contributed by atoms with E-state index in [-0.39, 0.29) is 5.91 Å². The third-order valence-electron chi connectivity index (χ3n) is 3.25. The lowest BCUT2D eigenvalue weighted by Crippen LogP contribution is -2.27. The van der Waals surface area contributed by atoms with Gasteiger partial charge in [-0.05, 0) is 46.4 Å². The summed E-state index contributed by atoms with van der Waals surface area (Å²) >= 11 is 8.36. The normalized spacial score (nSPS) is 11.7. The van der Waals surface area contributed by atoms with E-state index < -0.39 is 5.38 Å². The Hall–Kier alpha value is -1.54. The maximum absolute atomic E-state index is 12.3. The molecule has 0 saturated carbocycles. The smallest absolute Gasteiger partial charge is 0.242 e. The van der Waals surface area contributed by atoms with Crippen LogP contribution in [0, 0.1) is 3.57 Å². The van der Waals surface area contributed by atoms with Gasteiger partial charge in [-0.3, -0.25) is 9.78 Å². The van der Waals surface area contributed by atoms with Crippen LogP contribution in [0.15, 0.2) is 36.7 Å². The second-order valence-electron chi connectivity index (χ2n) is 4.66. The van der Waals surface area contributed by atoms with Crippen LogP contribution in [0.4, 0.5) is 0 Å². The predicted octanol–water partition coefficient (Wildman–Crippen LogP) is 3.30. The number of ether oxygens (including phenoxy) is 2. The summed E-state index contributed by atoms with van der Waals surface area (Å²) in [6.45, 7) is 0.316. The summed E-state index contributed by atoms with van der Waals surface area (Å²) in [6, 6.07) is 7.17. The number of amides is 1. The molecule has 0 radical (unpaired) electrons. The first-order chi connectivity index (χ1) is 11.1. The van der Waals surface area contributed by atoms with Crippen molar-refractivity contribution in [1.82, 2.24) is 10.3 Å². The fourth-order valence-electron chi connectivity index (χ4n) is 2.00. The molecule has 122 valence electrons. The lowest BCUT2D eigenvalue weighted by atomic mass is 10.1. The molecule has 7 heteroatoms. The molecule has 2 aromatic rings. The van der Waals surface area contributed by atoms with E-state index in [0.29, 0.717) is 18.0 Å².